The minimum Gasteiger partial charge on any atom is -0.358 e. The van der Waals surface area contributed by atoms with E-state index in [2.05, 4.69) is 27.5 Å². The quantitative estimate of drug-likeness (QED) is 0.898. The maximum absolute atomic E-state index is 11.7. The number of likely N-dealkylation sites (tertiary alicyclic amines) is 1. The molecule has 0 radical (unpaired) electrons. The average Bonchev–Trinajstić information content (AvgIpc) is 3.30. The van der Waals surface area contributed by atoms with E-state index in [4.69, 9.17) is 9.51 Å². The molecule has 2 aromatic rings. The number of hydrogen-bond donors (Lipinski definition) is 1. The van der Waals surface area contributed by atoms with Gasteiger partial charge in [-0.05, 0) is 24.3 Å². The summed E-state index contributed by atoms with van der Waals surface area (Å²) in [5.41, 5.74) is 1.11. The summed E-state index contributed by atoms with van der Waals surface area (Å²) in [4.78, 5) is 18.7. The zero-order chi connectivity index (χ0) is 17.3. The number of amides is 1. The van der Waals surface area contributed by atoms with Crippen LogP contribution in [0.2, 0.25) is 0 Å². The number of nitrogens with one attached hydrogen (secondary N) is 1. The van der Waals surface area contributed by atoms with E-state index in [0.717, 1.165) is 31.2 Å². The number of benzene rings is 1. The summed E-state index contributed by atoms with van der Waals surface area (Å²) in [6.45, 7) is 2.21. The first-order chi connectivity index (χ1) is 12.2. The number of fused-ring (bicyclic) bond motifs is 1. The minimum atomic E-state index is -0.0735. The van der Waals surface area contributed by atoms with Crippen molar-refractivity contribution < 1.29 is 9.32 Å². The first-order valence-electron chi connectivity index (χ1n) is 8.99. The number of carbonyl (C=O) groups is 1. The zero-order valence-corrected chi connectivity index (χ0v) is 14.6. The van der Waals surface area contributed by atoms with Crippen molar-refractivity contribution >= 4 is 5.91 Å². The Bertz CT molecular complexity index is 745. The van der Waals surface area contributed by atoms with Gasteiger partial charge in [-0.25, -0.2) is 0 Å². The summed E-state index contributed by atoms with van der Waals surface area (Å²) < 4.78 is 5.72. The third kappa shape index (κ3) is 3.06. The summed E-state index contributed by atoms with van der Waals surface area (Å²) in [5.74, 6) is 2.07. The Balaban J connectivity index is 1.53. The molecule has 1 saturated heterocycles. The summed E-state index contributed by atoms with van der Waals surface area (Å²) >= 11 is 0. The van der Waals surface area contributed by atoms with E-state index in [1.54, 1.807) is 7.05 Å². The van der Waals surface area contributed by atoms with E-state index in [9.17, 15) is 4.79 Å². The van der Waals surface area contributed by atoms with Crippen LogP contribution < -0.4 is 5.32 Å². The van der Waals surface area contributed by atoms with Gasteiger partial charge in [0.05, 0.1) is 12.0 Å². The number of likely N-dealkylation sites (N-methyl/N-ethyl adjacent to an activating group) is 1. The average molecular weight is 340 g/mol. The van der Waals surface area contributed by atoms with Gasteiger partial charge in [0.15, 0.2) is 5.82 Å². The molecule has 1 N–H and O–H groups in total. The fraction of sp³-hybridized carbons (Fsp3) is 0.526. The van der Waals surface area contributed by atoms with Crippen LogP contribution >= 0.6 is 0 Å². The Morgan fingerprint density at radius 1 is 1.40 bits per heavy atom. The maximum Gasteiger partial charge on any atom is 0.234 e. The van der Waals surface area contributed by atoms with Crippen molar-refractivity contribution in [3.8, 4) is 0 Å². The lowest BCUT2D eigenvalue weighted by atomic mass is 9.80. The molecule has 1 saturated carbocycles. The Kier molecular flexibility index (Phi) is 4.29. The molecule has 1 aromatic heterocycles. The Morgan fingerprint density at radius 3 is 3.04 bits per heavy atom. The Morgan fingerprint density at radius 2 is 2.24 bits per heavy atom. The third-order valence-corrected chi connectivity index (χ3v) is 5.69. The lowest BCUT2D eigenvalue weighted by Gasteiger charge is -2.24. The van der Waals surface area contributed by atoms with Gasteiger partial charge in [0.2, 0.25) is 11.8 Å². The predicted molar refractivity (Wildman–Crippen MR) is 93.1 cm³/mol. The second kappa shape index (κ2) is 6.59. The van der Waals surface area contributed by atoms with Crippen molar-refractivity contribution in [1.82, 2.24) is 20.4 Å². The van der Waals surface area contributed by atoms with Crippen LogP contribution in [0.15, 0.2) is 34.9 Å². The molecule has 0 bridgehead atoms. The van der Waals surface area contributed by atoms with Crippen LogP contribution in [0.1, 0.15) is 36.5 Å². The molecule has 0 spiro atoms. The molecule has 2 heterocycles. The zero-order valence-electron chi connectivity index (χ0n) is 14.6. The lowest BCUT2D eigenvalue weighted by Crippen LogP contribution is -2.37. The molecule has 2 aliphatic rings. The van der Waals surface area contributed by atoms with E-state index >= 15 is 0 Å². The topological polar surface area (TPSA) is 71.3 Å². The molecular weight excluding hydrogens is 316 g/mol. The Labute approximate surface area is 147 Å². The van der Waals surface area contributed by atoms with Gasteiger partial charge in [0, 0.05) is 26.6 Å². The van der Waals surface area contributed by atoms with E-state index < -0.39 is 0 Å². The van der Waals surface area contributed by atoms with Gasteiger partial charge in [0.25, 0.3) is 0 Å². The molecular formula is C19H24N4O2. The number of hydrogen-bond acceptors (Lipinski definition) is 5. The lowest BCUT2D eigenvalue weighted by molar-refractivity contribution is -0.121. The van der Waals surface area contributed by atoms with Crippen molar-refractivity contribution in [3.63, 3.8) is 0 Å². The summed E-state index contributed by atoms with van der Waals surface area (Å²) in [5, 5.41) is 6.94. The molecule has 6 nitrogen and oxygen atoms in total. The van der Waals surface area contributed by atoms with Gasteiger partial charge in [-0.15, -0.1) is 0 Å². The number of nitrogens with zero attached hydrogens (tertiary/aromatic N) is 3. The highest BCUT2D eigenvalue weighted by Gasteiger charge is 2.54. The SMILES string of the molecule is CNC(=O)CN1C[C@H]2CCC[C@@]2(c2nc(Cc3ccccc3)no2)C1. The van der Waals surface area contributed by atoms with E-state index in [1.165, 1.54) is 18.4 Å². The fourth-order valence-electron chi connectivity index (χ4n) is 4.45. The van der Waals surface area contributed by atoms with Crippen molar-refractivity contribution in [2.75, 3.05) is 26.7 Å². The third-order valence-electron chi connectivity index (χ3n) is 5.69. The molecule has 2 atom stereocenters. The number of aromatic nitrogens is 2. The molecule has 1 aromatic carbocycles. The van der Waals surface area contributed by atoms with Crippen LogP contribution in [0.4, 0.5) is 0 Å². The molecule has 6 heteroatoms. The number of carbonyl (C=O) groups excluding carboxylic acids is 1. The van der Waals surface area contributed by atoms with Crippen LogP contribution in [0.3, 0.4) is 0 Å². The van der Waals surface area contributed by atoms with Gasteiger partial charge in [-0.1, -0.05) is 41.9 Å². The van der Waals surface area contributed by atoms with Crippen LogP contribution in [0, 0.1) is 5.92 Å². The molecule has 132 valence electrons. The molecule has 1 amide bonds. The number of rotatable bonds is 5. The van der Waals surface area contributed by atoms with Crippen LogP contribution in [-0.2, 0) is 16.6 Å². The van der Waals surface area contributed by atoms with Crippen LogP contribution in [0.5, 0.6) is 0 Å². The van der Waals surface area contributed by atoms with Gasteiger partial charge in [-0.2, -0.15) is 4.98 Å². The normalized spacial score (nSPS) is 25.9. The smallest absolute Gasteiger partial charge is 0.234 e. The van der Waals surface area contributed by atoms with E-state index in [1.807, 2.05) is 18.2 Å². The summed E-state index contributed by atoms with van der Waals surface area (Å²) in [6.07, 6.45) is 4.11. The van der Waals surface area contributed by atoms with Crippen molar-refractivity contribution in [2.45, 2.75) is 31.1 Å². The predicted octanol–water partition coefficient (Wildman–Crippen LogP) is 1.76. The van der Waals surface area contributed by atoms with E-state index in [0.29, 0.717) is 18.9 Å². The monoisotopic (exact) mass is 340 g/mol. The highest BCUT2D eigenvalue weighted by molar-refractivity contribution is 5.77. The Hall–Kier alpha value is -2.21. The largest absolute Gasteiger partial charge is 0.358 e. The molecule has 1 aliphatic heterocycles. The molecule has 2 fully saturated rings. The molecule has 1 aliphatic carbocycles. The van der Waals surface area contributed by atoms with E-state index in [-0.39, 0.29) is 11.3 Å². The first-order valence-corrected chi connectivity index (χ1v) is 8.99. The van der Waals surface area contributed by atoms with Gasteiger partial charge in [-0.3, -0.25) is 9.69 Å². The first kappa shape index (κ1) is 16.3. The van der Waals surface area contributed by atoms with Crippen LogP contribution in [-0.4, -0.2) is 47.6 Å². The summed E-state index contributed by atoms with van der Waals surface area (Å²) in [6, 6.07) is 10.2. The second-order valence-corrected chi connectivity index (χ2v) is 7.27. The highest BCUT2D eigenvalue weighted by Crippen LogP contribution is 2.49. The second-order valence-electron chi connectivity index (χ2n) is 7.27. The van der Waals surface area contributed by atoms with Crippen LogP contribution in [0.25, 0.3) is 0 Å². The fourth-order valence-corrected chi connectivity index (χ4v) is 4.45. The standard InChI is InChI=1S/C19H24N4O2/c1-20-17(24)12-23-11-15-8-5-9-19(15,13-23)18-21-16(22-25-18)10-14-6-3-2-4-7-14/h2-4,6-7,15H,5,8-13H2,1H3,(H,20,24)/t15-,19-/m1/s1. The van der Waals surface area contributed by atoms with Gasteiger partial charge >= 0.3 is 0 Å². The highest BCUT2D eigenvalue weighted by atomic mass is 16.5. The maximum atomic E-state index is 11.7. The molecule has 4 rings (SSSR count). The molecule has 25 heavy (non-hydrogen) atoms. The van der Waals surface area contributed by atoms with Crippen molar-refractivity contribution in [3.05, 3.63) is 47.6 Å². The van der Waals surface area contributed by atoms with Gasteiger partial charge in [0.1, 0.15) is 0 Å². The summed E-state index contributed by atoms with van der Waals surface area (Å²) in [7, 11) is 1.68. The van der Waals surface area contributed by atoms with Gasteiger partial charge < -0.3 is 9.84 Å². The molecule has 0 unspecified atom stereocenters. The van der Waals surface area contributed by atoms with Crippen molar-refractivity contribution in [2.24, 2.45) is 5.92 Å². The minimum absolute atomic E-state index is 0.0606. The van der Waals surface area contributed by atoms with Crippen molar-refractivity contribution in [1.29, 1.82) is 0 Å².